The van der Waals surface area contributed by atoms with Gasteiger partial charge in [0.2, 0.25) is 5.91 Å². The fraction of sp³-hybridized carbons (Fsp3) is 0.458. The molecule has 4 aliphatic rings. The predicted molar refractivity (Wildman–Crippen MR) is 130 cm³/mol. The number of carbonyl (C=O) groups is 3. The lowest BCUT2D eigenvalue weighted by Gasteiger charge is -2.45. The first kappa shape index (κ1) is 25.5. The van der Waals surface area contributed by atoms with Gasteiger partial charge in [0.15, 0.2) is 0 Å². The molecule has 3 N–H and O–H groups in total. The molecule has 3 saturated heterocycles. The summed E-state index contributed by atoms with van der Waals surface area (Å²) in [5.74, 6) is -1.04. The SMILES string of the molecule is C=CC(=O)N1CCC[C@@H](NC(=O)C2=C3NC(=O)N(c4ccc(OC(F)(F)F)cc4)C4CCNC(S2)C34)C1. The molecular weight excluding hydrogens is 511 g/mol. The summed E-state index contributed by atoms with van der Waals surface area (Å²) in [5.41, 5.74) is 0.992. The number of piperidine rings is 2. The fourth-order valence-corrected chi connectivity index (χ4v) is 6.81. The Bertz CT molecular complexity index is 1140. The third-order valence-electron chi connectivity index (χ3n) is 6.94. The Balaban J connectivity index is 1.34. The Labute approximate surface area is 215 Å². The molecule has 3 unspecified atom stereocenters. The van der Waals surface area contributed by atoms with E-state index in [0.29, 0.717) is 42.3 Å². The van der Waals surface area contributed by atoms with E-state index in [2.05, 4.69) is 27.3 Å². The van der Waals surface area contributed by atoms with Crippen molar-refractivity contribution >= 4 is 35.3 Å². The molecule has 4 amide bonds. The third kappa shape index (κ3) is 5.14. The van der Waals surface area contributed by atoms with Gasteiger partial charge in [-0.25, -0.2) is 4.79 Å². The van der Waals surface area contributed by atoms with Crippen LogP contribution in [0.5, 0.6) is 5.75 Å². The normalized spacial score (nSPS) is 27.4. The summed E-state index contributed by atoms with van der Waals surface area (Å²) in [6.07, 6.45) is -1.44. The van der Waals surface area contributed by atoms with E-state index < -0.39 is 12.4 Å². The zero-order valence-corrected chi connectivity index (χ0v) is 20.5. The Morgan fingerprint density at radius 3 is 2.68 bits per heavy atom. The summed E-state index contributed by atoms with van der Waals surface area (Å²) in [6.45, 7) is 5.15. The highest BCUT2D eigenvalue weighted by molar-refractivity contribution is 8.04. The van der Waals surface area contributed by atoms with Gasteiger partial charge in [0.1, 0.15) is 5.75 Å². The Morgan fingerprint density at radius 2 is 1.97 bits per heavy atom. The molecule has 0 bridgehead atoms. The fourth-order valence-electron chi connectivity index (χ4n) is 5.41. The number of carbonyl (C=O) groups excluding carboxylic acids is 3. The Hall–Kier alpha value is -3.19. The molecule has 0 spiro atoms. The van der Waals surface area contributed by atoms with Crippen molar-refractivity contribution in [1.82, 2.24) is 20.9 Å². The van der Waals surface area contributed by atoms with Crippen LogP contribution in [0.2, 0.25) is 0 Å². The number of thioether (sulfide) groups is 1. The number of nitrogens with one attached hydrogen (secondary N) is 3. The number of hydrogen-bond acceptors (Lipinski definition) is 6. The van der Waals surface area contributed by atoms with Gasteiger partial charge in [0, 0.05) is 36.4 Å². The van der Waals surface area contributed by atoms with E-state index in [1.54, 1.807) is 9.80 Å². The highest BCUT2D eigenvalue weighted by Gasteiger charge is 2.51. The van der Waals surface area contributed by atoms with Gasteiger partial charge in [-0.2, -0.15) is 0 Å². The molecule has 9 nitrogen and oxygen atoms in total. The van der Waals surface area contributed by atoms with Crippen LogP contribution in [0.15, 0.2) is 47.5 Å². The lowest BCUT2D eigenvalue weighted by atomic mass is 9.86. The predicted octanol–water partition coefficient (Wildman–Crippen LogP) is 2.67. The van der Waals surface area contributed by atoms with Gasteiger partial charge < -0.3 is 25.6 Å². The molecule has 1 aromatic rings. The Kier molecular flexibility index (Phi) is 6.84. The lowest BCUT2D eigenvalue weighted by molar-refractivity contribution is -0.274. The van der Waals surface area contributed by atoms with Crippen molar-refractivity contribution in [2.75, 3.05) is 24.5 Å². The minimum Gasteiger partial charge on any atom is -0.406 e. The first-order valence-corrected chi connectivity index (χ1v) is 12.8. The minimum atomic E-state index is -4.80. The van der Waals surface area contributed by atoms with Crippen molar-refractivity contribution in [1.29, 1.82) is 0 Å². The summed E-state index contributed by atoms with van der Waals surface area (Å²) in [5, 5.41) is 9.15. The van der Waals surface area contributed by atoms with Gasteiger partial charge in [-0.15, -0.1) is 13.2 Å². The van der Waals surface area contributed by atoms with Crippen molar-refractivity contribution in [3.8, 4) is 5.75 Å². The van der Waals surface area contributed by atoms with Crippen molar-refractivity contribution < 1.29 is 32.3 Å². The van der Waals surface area contributed by atoms with E-state index in [0.717, 1.165) is 12.8 Å². The topological polar surface area (TPSA) is 103 Å². The zero-order valence-electron chi connectivity index (χ0n) is 19.7. The van der Waals surface area contributed by atoms with Crippen molar-refractivity contribution in [2.24, 2.45) is 5.92 Å². The van der Waals surface area contributed by atoms with Crippen LogP contribution in [0.4, 0.5) is 23.7 Å². The van der Waals surface area contributed by atoms with Crippen molar-refractivity contribution in [2.45, 2.75) is 43.1 Å². The molecule has 0 aliphatic carbocycles. The summed E-state index contributed by atoms with van der Waals surface area (Å²) in [4.78, 5) is 42.1. The van der Waals surface area contributed by atoms with Crippen LogP contribution in [0.25, 0.3) is 0 Å². The number of urea groups is 1. The number of amides is 4. The number of hydrogen-bond donors (Lipinski definition) is 3. The van der Waals surface area contributed by atoms with Crippen LogP contribution in [0.3, 0.4) is 0 Å². The summed E-state index contributed by atoms with van der Waals surface area (Å²) < 4.78 is 41.5. The molecule has 13 heteroatoms. The number of alkyl halides is 3. The molecular formula is C24H26F3N5O4S. The average molecular weight is 538 g/mol. The van der Waals surface area contributed by atoms with Crippen LogP contribution < -0.4 is 25.6 Å². The second-order valence-corrected chi connectivity index (χ2v) is 10.4. The second kappa shape index (κ2) is 9.93. The van der Waals surface area contributed by atoms with Gasteiger partial charge >= 0.3 is 12.4 Å². The van der Waals surface area contributed by atoms with Gasteiger partial charge in [0.25, 0.3) is 5.91 Å². The standard InChI is InChI=1S/C24H26F3N5O4S/c1-2-17(33)31-11-3-4-13(12-31)29-21(34)20-19-18-16(9-10-28-22(18)37-20)32(23(35)30-19)14-5-7-15(8-6-14)36-24(25,26)27/h2,5-8,13,16,18,22,28H,1,3-4,9-12H2,(H,29,34)(H,30,35)/t13-,16?,18?,22?/m1/s1. The largest absolute Gasteiger partial charge is 0.573 e. The number of likely N-dealkylation sites (tertiary alicyclic amines) is 1. The molecule has 5 rings (SSSR count). The molecule has 198 valence electrons. The number of ether oxygens (including phenoxy) is 1. The van der Waals surface area contributed by atoms with E-state index in [1.807, 2.05) is 0 Å². The molecule has 4 aliphatic heterocycles. The molecule has 0 aromatic heterocycles. The van der Waals surface area contributed by atoms with Crippen molar-refractivity contribution in [3.63, 3.8) is 0 Å². The molecule has 0 radical (unpaired) electrons. The second-order valence-electron chi connectivity index (χ2n) is 9.26. The smallest absolute Gasteiger partial charge is 0.406 e. The summed E-state index contributed by atoms with van der Waals surface area (Å²) >= 11 is 1.36. The lowest BCUT2D eigenvalue weighted by Crippen LogP contribution is -2.62. The third-order valence-corrected chi connectivity index (χ3v) is 8.29. The average Bonchev–Trinajstić information content (AvgIpc) is 3.23. The van der Waals surface area contributed by atoms with Crippen LogP contribution in [-0.4, -0.2) is 66.2 Å². The minimum absolute atomic E-state index is 0.143. The Morgan fingerprint density at radius 1 is 1.22 bits per heavy atom. The molecule has 0 saturated carbocycles. The number of benzene rings is 1. The number of nitrogens with zero attached hydrogens (tertiary/aromatic N) is 2. The molecule has 1 aromatic carbocycles. The first-order valence-electron chi connectivity index (χ1n) is 12.0. The van der Waals surface area contributed by atoms with Crippen LogP contribution in [0, 0.1) is 5.92 Å². The molecule has 4 heterocycles. The van der Waals surface area contributed by atoms with E-state index in [-0.39, 0.29) is 40.9 Å². The summed E-state index contributed by atoms with van der Waals surface area (Å²) in [6, 6.07) is 4.24. The van der Waals surface area contributed by atoms with Gasteiger partial charge in [-0.3, -0.25) is 14.5 Å². The van der Waals surface area contributed by atoms with Crippen LogP contribution >= 0.6 is 11.8 Å². The number of rotatable bonds is 5. The van der Waals surface area contributed by atoms with Crippen LogP contribution in [0.1, 0.15) is 19.3 Å². The maximum Gasteiger partial charge on any atom is 0.573 e. The van der Waals surface area contributed by atoms with Gasteiger partial charge in [-0.1, -0.05) is 18.3 Å². The molecule has 4 atom stereocenters. The maximum atomic E-state index is 13.3. The monoisotopic (exact) mass is 537 g/mol. The van der Waals surface area contributed by atoms with Gasteiger partial charge in [0.05, 0.1) is 16.3 Å². The molecule has 37 heavy (non-hydrogen) atoms. The van der Waals surface area contributed by atoms with E-state index >= 15 is 0 Å². The van der Waals surface area contributed by atoms with Gasteiger partial charge in [-0.05, 0) is 56.1 Å². The van der Waals surface area contributed by atoms with Crippen molar-refractivity contribution in [3.05, 3.63) is 47.5 Å². The van der Waals surface area contributed by atoms with E-state index in [9.17, 15) is 27.6 Å². The van der Waals surface area contributed by atoms with E-state index in [4.69, 9.17) is 0 Å². The molecule has 3 fully saturated rings. The highest BCUT2D eigenvalue weighted by atomic mass is 32.2. The van der Waals surface area contributed by atoms with E-state index in [1.165, 1.54) is 42.1 Å². The number of anilines is 1. The first-order chi connectivity index (χ1) is 17.6. The maximum absolute atomic E-state index is 13.3. The number of halogens is 3. The van der Waals surface area contributed by atoms with Crippen LogP contribution in [-0.2, 0) is 9.59 Å². The summed E-state index contributed by atoms with van der Waals surface area (Å²) in [7, 11) is 0. The highest BCUT2D eigenvalue weighted by Crippen LogP contribution is 2.48. The quantitative estimate of drug-likeness (QED) is 0.500. The zero-order chi connectivity index (χ0) is 26.3.